The molecule has 0 aliphatic heterocycles. The number of rotatable bonds is 8. The highest BCUT2D eigenvalue weighted by Crippen LogP contribution is 2.33. The number of benzene rings is 2. The Hall–Kier alpha value is -3.12. The largest absolute Gasteiger partial charge is 0.497 e. The van der Waals surface area contributed by atoms with E-state index < -0.39 is 0 Å². The lowest BCUT2D eigenvalue weighted by molar-refractivity contribution is 0.395. The van der Waals surface area contributed by atoms with Gasteiger partial charge in [0.15, 0.2) is 0 Å². The summed E-state index contributed by atoms with van der Waals surface area (Å²) in [6, 6.07) is 14.2. The van der Waals surface area contributed by atoms with Crippen molar-refractivity contribution in [2.75, 3.05) is 20.8 Å². The maximum Gasteiger partial charge on any atom is 0.206 e. The van der Waals surface area contributed by atoms with Crippen LogP contribution in [0.15, 0.2) is 70.6 Å². The molecule has 1 heterocycles. The zero-order valence-corrected chi connectivity index (χ0v) is 18.6. The molecular formula is C24H27N3O2S. The maximum absolute atomic E-state index is 5.60. The van der Waals surface area contributed by atoms with Crippen LogP contribution < -0.4 is 14.3 Å². The van der Waals surface area contributed by atoms with Crippen LogP contribution in [0.2, 0.25) is 0 Å². The summed E-state index contributed by atoms with van der Waals surface area (Å²) in [5, 5.41) is 6.78. The first kappa shape index (κ1) is 21.6. The van der Waals surface area contributed by atoms with Crippen LogP contribution in [-0.4, -0.2) is 31.7 Å². The standard InChI is InChI=1S/C24H27N3O2S/c1-6-13-25-24-27(26-15-18-7-9-19(10-8-18)17(2)3)22(16-30-24)21-12-11-20(28-4)14-23(21)29-5/h6-12,14-17H,1,13H2,2-5H3. The first-order valence-electron chi connectivity index (χ1n) is 9.76. The average Bonchev–Trinajstić information content (AvgIpc) is 3.18. The number of ether oxygens (including phenoxy) is 2. The second-order valence-electron chi connectivity index (χ2n) is 6.98. The number of hydrogen-bond acceptors (Lipinski definition) is 5. The van der Waals surface area contributed by atoms with Crippen molar-refractivity contribution in [2.24, 2.45) is 10.1 Å². The zero-order valence-electron chi connectivity index (χ0n) is 17.8. The summed E-state index contributed by atoms with van der Waals surface area (Å²) in [6.45, 7) is 8.66. The van der Waals surface area contributed by atoms with Crippen molar-refractivity contribution in [3.63, 3.8) is 0 Å². The summed E-state index contributed by atoms with van der Waals surface area (Å²) >= 11 is 1.53. The Morgan fingerprint density at radius 2 is 1.87 bits per heavy atom. The lowest BCUT2D eigenvalue weighted by Gasteiger charge is -2.11. The number of thiazole rings is 1. The Kier molecular flexibility index (Phi) is 7.25. The number of hydrogen-bond donors (Lipinski definition) is 0. The minimum Gasteiger partial charge on any atom is -0.497 e. The summed E-state index contributed by atoms with van der Waals surface area (Å²) in [5.41, 5.74) is 4.15. The van der Waals surface area contributed by atoms with Gasteiger partial charge in [0, 0.05) is 17.0 Å². The molecule has 0 radical (unpaired) electrons. The van der Waals surface area contributed by atoms with Gasteiger partial charge in [-0.15, -0.1) is 17.9 Å². The van der Waals surface area contributed by atoms with Gasteiger partial charge < -0.3 is 9.47 Å². The predicted octanol–water partition coefficient (Wildman–Crippen LogP) is 5.33. The van der Waals surface area contributed by atoms with Crippen molar-refractivity contribution in [1.82, 2.24) is 4.68 Å². The molecule has 0 aliphatic rings. The molecule has 2 aromatic carbocycles. The number of nitrogens with zero attached hydrogens (tertiary/aromatic N) is 3. The van der Waals surface area contributed by atoms with Gasteiger partial charge in [0.05, 0.1) is 32.7 Å². The van der Waals surface area contributed by atoms with Crippen molar-refractivity contribution in [3.8, 4) is 22.8 Å². The third-order valence-electron chi connectivity index (χ3n) is 4.65. The highest BCUT2D eigenvalue weighted by atomic mass is 32.1. The molecule has 0 bridgehead atoms. The highest BCUT2D eigenvalue weighted by molar-refractivity contribution is 7.07. The van der Waals surface area contributed by atoms with Crippen molar-refractivity contribution in [3.05, 3.63) is 76.4 Å². The third kappa shape index (κ3) is 4.89. The quantitative estimate of drug-likeness (QED) is 0.365. The smallest absolute Gasteiger partial charge is 0.206 e. The van der Waals surface area contributed by atoms with Gasteiger partial charge in [-0.3, -0.25) is 4.99 Å². The fourth-order valence-electron chi connectivity index (χ4n) is 2.95. The molecule has 0 fully saturated rings. The molecule has 156 valence electrons. The van der Waals surface area contributed by atoms with Crippen molar-refractivity contribution in [1.29, 1.82) is 0 Å². The first-order chi connectivity index (χ1) is 14.6. The minimum atomic E-state index is 0.501. The van der Waals surface area contributed by atoms with E-state index in [2.05, 4.69) is 49.7 Å². The molecule has 0 saturated heterocycles. The van der Waals surface area contributed by atoms with E-state index >= 15 is 0 Å². The van der Waals surface area contributed by atoms with Crippen LogP contribution in [0.1, 0.15) is 30.9 Å². The van der Waals surface area contributed by atoms with E-state index in [1.807, 2.05) is 34.5 Å². The predicted molar refractivity (Wildman–Crippen MR) is 125 cm³/mol. The Labute approximate surface area is 181 Å². The lowest BCUT2D eigenvalue weighted by Crippen LogP contribution is -2.12. The second-order valence-corrected chi connectivity index (χ2v) is 7.81. The molecule has 0 spiro atoms. The van der Waals surface area contributed by atoms with Crippen LogP contribution in [0.4, 0.5) is 0 Å². The molecule has 5 nitrogen and oxygen atoms in total. The molecule has 0 unspecified atom stereocenters. The van der Waals surface area contributed by atoms with Crippen LogP contribution in [0.3, 0.4) is 0 Å². The maximum atomic E-state index is 5.60. The van der Waals surface area contributed by atoms with Gasteiger partial charge in [-0.1, -0.05) is 44.2 Å². The van der Waals surface area contributed by atoms with E-state index in [1.54, 1.807) is 20.3 Å². The molecule has 1 aromatic heterocycles. The summed E-state index contributed by atoms with van der Waals surface area (Å²) in [6.07, 6.45) is 3.62. The highest BCUT2D eigenvalue weighted by Gasteiger charge is 2.13. The average molecular weight is 422 g/mol. The topological polar surface area (TPSA) is 48.1 Å². The summed E-state index contributed by atoms with van der Waals surface area (Å²) < 4.78 is 12.8. The van der Waals surface area contributed by atoms with E-state index in [-0.39, 0.29) is 0 Å². The lowest BCUT2D eigenvalue weighted by atomic mass is 10.0. The van der Waals surface area contributed by atoms with E-state index in [0.717, 1.165) is 27.4 Å². The Bertz CT molecular complexity index is 1090. The molecule has 6 heteroatoms. The molecule has 3 aromatic rings. The van der Waals surface area contributed by atoms with Gasteiger partial charge >= 0.3 is 0 Å². The molecule has 0 amide bonds. The molecule has 30 heavy (non-hydrogen) atoms. The van der Waals surface area contributed by atoms with E-state index in [1.165, 1.54) is 16.9 Å². The van der Waals surface area contributed by atoms with Gasteiger partial charge in [-0.25, -0.2) is 4.68 Å². The van der Waals surface area contributed by atoms with Gasteiger partial charge in [-0.05, 0) is 29.2 Å². The van der Waals surface area contributed by atoms with Crippen LogP contribution >= 0.6 is 11.3 Å². The monoisotopic (exact) mass is 421 g/mol. The molecular weight excluding hydrogens is 394 g/mol. The van der Waals surface area contributed by atoms with Crippen LogP contribution in [0, 0.1) is 0 Å². The Balaban J connectivity index is 2.06. The van der Waals surface area contributed by atoms with E-state index in [4.69, 9.17) is 14.6 Å². The summed E-state index contributed by atoms with van der Waals surface area (Å²) in [4.78, 5) is 5.38. The van der Waals surface area contributed by atoms with Crippen molar-refractivity contribution >= 4 is 17.6 Å². The van der Waals surface area contributed by atoms with Crippen molar-refractivity contribution in [2.45, 2.75) is 19.8 Å². The molecule has 0 aliphatic carbocycles. The van der Waals surface area contributed by atoms with Gasteiger partial charge in [0.25, 0.3) is 0 Å². The fourth-order valence-corrected chi connectivity index (χ4v) is 3.79. The van der Waals surface area contributed by atoms with Crippen LogP contribution in [0.25, 0.3) is 11.3 Å². The fraction of sp³-hybridized carbons (Fsp3) is 0.250. The van der Waals surface area contributed by atoms with E-state index in [9.17, 15) is 0 Å². The Morgan fingerprint density at radius 1 is 1.10 bits per heavy atom. The van der Waals surface area contributed by atoms with Gasteiger partial charge in [0.2, 0.25) is 4.80 Å². The number of methoxy groups -OCH3 is 2. The molecule has 3 rings (SSSR count). The zero-order chi connectivity index (χ0) is 21.5. The van der Waals surface area contributed by atoms with Gasteiger partial charge in [0.1, 0.15) is 11.5 Å². The van der Waals surface area contributed by atoms with Crippen molar-refractivity contribution < 1.29 is 9.47 Å². The van der Waals surface area contributed by atoms with Crippen LogP contribution in [-0.2, 0) is 0 Å². The molecule has 0 atom stereocenters. The first-order valence-corrected chi connectivity index (χ1v) is 10.6. The normalized spacial score (nSPS) is 12.0. The number of aromatic nitrogens is 1. The third-order valence-corrected chi connectivity index (χ3v) is 5.51. The summed E-state index contributed by atoms with van der Waals surface area (Å²) in [5.74, 6) is 1.95. The molecule has 0 saturated carbocycles. The van der Waals surface area contributed by atoms with E-state index in [0.29, 0.717) is 18.2 Å². The second kappa shape index (κ2) is 10.1. The Morgan fingerprint density at radius 3 is 2.50 bits per heavy atom. The van der Waals surface area contributed by atoms with Gasteiger partial charge in [-0.2, -0.15) is 5.10 Å². The SMILES string of the molecule is C=CCN=c1scc(-c2ccc(OC)cc2OC)n1N=Cc1ccc(C(C)C)cc1. The summed E-state index contributed by atoms with van der Waals surface area (Å²) in [7, 11) is 3.29. The minimum absolute atomic E-state index is 0.501. The molecule has 0 N–H and O–H groups in total. The van der Waals surface area contributed by atoms with Crippen LogP contribution in [0.5, 0.6) is 11.5 Å².